The molecule has 0 aliphatic heterocycles. The molecular weight excluding hydrogens is 470 g/mol. The van der Waals surface area contributed by atoms with Gasteiger partial charge >= 0.3 is 7.91 Å². The van der Waals surface area contributed by atoms with Crippen LogP contribution in [0.3, 0.4) is 0 Å². The maximum Gasteiger partial charge on any atom is 0.628 e. The summed E-state index contributed by atoms with van der Waals surface area (Å²) in [6.45, 7) is 32.6. The van der Waals surface area contributed by atoms with E-state index < -0.39 is 7.91 Å². The number of rotatable bonds is 8. The van der Waals surface area contributed by atoms with E-state index in [9.17, 15) is 8.76 Å². The van der Waals surface area contributed by atoms with E-state index in [2.05, 4.69) is 61.1 Å². The molecule has 3 nitrogen and oxygen atoms in total. The standard InChI is InChI=1S/C23H36FO3P.C8H16/c1-11-18-13-19(15(3)4)14-20(16(5)6)22(18)27-28(24,25)26-17(7)21(12-2)23(8,9)10;1-6-7(2)8(3,4)5/h12-16H,7,11H2,1-6,8-10H3;6H,1-5H3/b21-12+;7-6+. The van der Waals surface area contributed by atoms with Gasteiger partial charge in [0.25, 0.3) is 0 Å². The first kappa shape index (κ1) is 34.2. The molecule has 1 aromatic carbocycles. The number of aryl methyl sites for hydroxylation is 1. The summed E-state index contributed by atoms with van der Waals surface area (Å²) < 4.78 is 38.1. The summed E-state index contributed by atoms with van der Waals surface area (Å²) in [6, 6.07) is 4.00. The van der Waals surface area contributed by atoms with Crippen molar-refractivity contribution in [3.63, 3.8) is 0 Å². The summed E-state index contributed by atoms with van der Waals surface area (Å²) >= 11 is 0. The summed E-state index contributed by atoms with van der Waals surface area (Å²) in [7, 11) is -4.89. The fourth-order valence-electron chi connectivity index (χ4n) is 3.63. The van der Waals surface area contributed by atoms with Crippen molar-refractivity contribution < 1.29 is 17.8 Å². The Kier molecular flexibility index (Phi) is 13.0. The van der Waals surface area contributed by atoms with E-state index >= 15 is 0 Å². The fraction of sp³-hybridized carbons (Fsp3) is 0.613. The van der Waals surface area contributed by atoms with Gasteiger partial charge in [-0.25, -0.2) is 4.57 Å². The van der Waals surface area contributed by atoms with Crippen molar-refractivity contribution in [2.45, 2.75) is 115 Å². The second-order valence-electron chi connectivity index (χ2n) is 12.0. The number of halogens is 1. The monoisotopic (exact) mass is 522 g/mol. The minimum Gasteiger partial charge on any atom is -0.392 e. The molecule has 0 saturated carbocycles. The molecule has 36 heavy (non-hydrogen) atoms. The van der Waals surface area contributed by atoms with Gasteiger partial charge in [-0.3, -0.25) is 0 Å². The highest BCUT2D eigenvalue weighted by atomic mass is 31.2. The average Bonchev–Trinajstić information content (AvgIpc) is 2.71. The normalized spacial score (nSPS) is 14.8. The molecular formula is C31H52FO3P. The quantitative estimate of drug-likeness (QED) is 0.147. The summed E-state index contributed by atoms with van der Waals surface area (Å²) in [6.07, 6.45) is 4.59. The van der Waals surface area contributed by atoms with Crippen molar-refractivity contribution >= 4 is 7.91 Å². The van der Waals surface area contributed by atoms with Gasteiger partial charge < -0.3 is 9.05 Å². The molecule has 5 heteroatoms. The zero-order chi connectivity index (χ0) is 28.6. The molecule has 0 N–H and O–H groups in total. The predicted molar refractivity (Wildman–Crippen MR) is 156 cm³/mol. The number of hydrogen-bond donors (Lipinski definition) is 0. The highest BCUT2D eigenvalue weighted by Crippen LogP contribution is 2.55. The Morgan fingerprint density at radius 3 is 1.83 bits per heavy atom. The van der Waals surface area contributed by atoms with E-state index in [4.69, 9.17) is 9.05 Å². The first-order valence-corrected chi connectivity index (χ1v) is 14.5. The minimum atomic E-state index is -4.89. The zero-order valence-electron chi connectivity index (χ0n) is 25.4. The summed E-state index contributed by atoms with van der Waals surface area (Å²) in [4.78, 5) is 0. The number of allylic oxidation sites excluding steroid dienone is 4. The van der Waals surface area contributed by atoms with Gasteiger partial charge in [-0.05, 0) is 72.1 Å². The summed E-state index contributed by atoms with van der Waals surface area (Å²) in [5, 5.41) is 0. The molecule has 1 atom stereocenters. The lowest BCUT2D eigenvalue weighted by atomic mass is 9.85. The van der Waals surface area contributed by atoms with Crippen molar-refractivity contribution in [2.75, 3.05) is 0 Å². The fourth-order valence-corrected chi connectivity index (χ4v) is 4.47. The highest BCUT2D eigenvalue weighted by molar-refractivity contribution is 7.48. The van der Waals surface area contributed by atoms with Crippen LogP contribution < -0.4 is 4.52 Å². The Morgan fingerprint density at radius 1 is 1.00 bits per heavy atom. The van der Waals surface area contributed by atoms with Crippen molar-refractivity contribution in [1.29, 1.82) is 0 Å². The van der Waals surface area contributed by atoms with Crippen LogP contribution >= 0.6 is 7.91 Å². The van der Waals surface area contributed by atoms with Crippen LogP contribution in [0.15, 0.2) is 47.8 Å². The lowest BCUT2D eigenvalue weighted by Crippen LogP contribution is -2.12. The van der Waals surface area contributed by atoms with Crippen molar-refractivity contribution in [3.8, 4) is 5.75 Å². The molecule has 0 fully saturated rings. The van der Waals surface area contributed by atoms with Gasteiger partial charge in [-0.1, -0.05) is 113 Å². The molecule has 0 heterocycles. The predicted octanol–water partition coefficient (Wildman–Crippen LogP) is 11.5. The molecule has 0 spiro atoms. The molecule has 1 aromatic rings. The molecule has 1 rings (SSSR count). The van der Waals surface area contributed by atoms with Crippen LogP contribution in [0.2, 0.25) is 0 Å². The number of benzene rings is 1. The first-order chi connectivity index (χ1) is 16.2. The molecule has 1 unspecified atom stereocenters. The van der Waals surface area contributed by atoms with E-state index in [0.29, 0.717) is 29.1 Å². The van der Waals surface area contributed by atoms with Gasteiger partial charge in [0.1, 0.15) is 11.5 Å². The van der Waals surface area contributed by atoms with Crippen LogP contribution in [0, 0.1) is 10.8 Å². The van der Waals surface area contributed by atoms with Crippen molar-refractivity contribution in [3.05, 3.63) is 64.5 Å². The molecule has 0 saturated heterocycles. The maximum atomic E-state index is 15.0. The van der Waals surface area contributed by atoms with Crippen LogP contribution in [-0.2, 0) is 15.5 Å². The van der Waals surface area contributed by atoms with Gasteiger partial charge in [-0.15, -0.1) is 4.20 Å². The van der Waals surface area contributed by atoms with Crippen LogP contribution in [-0.4, -0.2) is 0 Å². The third-order valence-electron chi connectivity index (χ3n) is 6.32. The number of hydrogen-bond acceptors (Lipinski definition) is 3. The van der Waals surface area contributed by atoms with Gasteiger partial charge in [0.2, 0.25) is 0 Å². The van der Waals surface area contributed by atoms with Gasteiger partial charge in [0.05, 0.1) is 0 Å². The van der Waals surface area contributed by atoms with Crippen LogP contribution in [0.5, 0.6) is 5.75 Å². The second-order valence-corrected chi connectivity index (χ2v) is 13.2. The Labute approximate surface area is 221 Å². The lowest BCUT2D eigenvalue weighted by Gasteiger charge is -2.26. The van der Waals surface area contributed by atoms with Gasteiger partial charge in [-0.2, -0.15) is 0 Å². The third-order valence-corrected chi connectivity index (χ3v) is 7.16. The molecule has 0 aromatic heterocycles. The molecule has 206 valence electrons. The molecule has 0 aliphatic carbocycles. The highest BCUT2D eigenvalue weighted by Gasteiger charge is 2.34. The Balaban J connectivity index is 0.00000131. The zero-order valence-corrected chi connectivity index (χ0v) is 26.3. The smallest absolute Gasteiger partial charge is 0.392 e. The van der Waals surface area contributed by atoms with Crippen molar-refractivity contribution in [2.24, 2.45) is 10.8 Å². The SMILES string of the molecule is C/C=C(\C)C(C)(C)C.C=C(OP(=O)(F)Oc1c(CC)cc(C(C)C)cc1C(C)C)/C(=C\C)C(C)(C)C. The largest absolute Gasteiger partial charge is 0.628 e. The van der Waals surface area contributed by atoms with E-state index in [-0.39, 0.29) is 17.1 Å². The lowest BCUT2D eigenvalue weighted by molar-refractivity contribution is 0.282. The average molecular weight is 523 g/mol. The van der Waals surface area contributed by atoms with Crippen LogP contribution in [0.1, 0.15) is 125 Å². The van der Waals surface area contributed by atoms with Crippen molar-refractivity contribution in [1.82, 2.24) is 0 Å². The summed E-state index contributed by atoms with van der Waals surface area (Å²) in [5.74, 6) is 0.763. The second kappa shape index (κ2) is 13.7. The summed E-state index contributed by atoms with van der Waals surface area (Å²) in [5.41, 5.74) is 5.00. The molecule has 0 amide bonds. The maximum absolute atomic E-state index is 15.0. The van der Waals surface area contributed by atoms with E-state index in [1.807, 2.05) is 60.6 Å². The first-order valence-electron chi connectivity index (χ1n) is 13.1. The minimum absolute atomic E-state index is 0.0313. The van der Waals surface area contributed by atoms with E-state index in [0.717, 1.165) is 16.7 Å². The van der Waals surface area contributed by atoms with Crippen LogP contribution in [0.25, 0.3) is 0 Å². The van der Waals surface area contributed by atoms with Gasteiger partial charge in [0.15, 0.2) is 0 Å². The Morgan fingerprint density at radius 2 is 1.53 bits per heavy atom. The van der Waals surface area contributed by atoms with Crippen LogP contribution in [0.4, 0.5) is 4.20 Å². The molecule has 0 radical (unpaired) electrons. The molecule has 0 bridgehead atoms. The van der Waals surface area contributed by atoms with E-state index in [1.54, 1.807) is 6.08 Å². The molecule has 0 aliphatic rings. The topological polar surface area (TPSA) is 35.5 Å². The van der Waals surface area contributed by atoms with Gasteiger partial charge in [0, 0.05) is 0 Å². The van der Waals surface area contributed by atoms with E-state index in [1.165, 1.54) is 5.57 Å². The third kappa shape index (κ3) is 10.7. The Bertz CT molecular complexity index is 986. The Hall–Kier alpha value is -1.80.